The Hall–Kier alpha value is -5.87. The molecule has 0 aliphatic carbocycles. The van der Waals surface area contributed by atoms with Gasteiger partial charge in [0.2, 0.25) is 5.88 Å². The van der Waals surface area contributed by atoms with Gasteiger partial charge in [0.15, 0.2) is 18.8 Å². The minimum Gasteiger partial charge on any atom is -0.484 e. The average molecular weight is 747 g/mol. The Balaban J connectivity index is 0.934. The maximum Gasteiger partial charge on any atom is 0.422 e. The van der Waals surface area contributed by atoms with Crippen LogP contribution >= 0.6 is 0 Å². The monoisotopic (exact) mass is 746 g/mol. The lowest BCUT2D eigenvalue weighted by Crippen LogP contribution is -2.48. The molecule has 0 spiro atoms. The number of ether oxygens (including phenoxy) is 2. The molecule has 6 aromatic rings. The molecule has 0 radical (unpaired) electrons. The summed E-state index contributed by atoms with van der Waals surface area (Å²) in [5.74, 6) is 1.32. The van der Waals surface area contributed by atoms with Crippen LogP contribution in [-0.4, -0.2) is 77.6 Å². The van der Waals surface area contributed by atoms with Crippen molar-refractivity contribution in [2.24, 2.45) is 7.05 Å². The Kier molecular flexibility index (Phi) is 9.81. The van der Waals surface area contributed by atoms with E-state index in [-0.39, 0.29) is 28.1 Å². The first-order chi connectivity index (χ1) is 25.4. The van der Waals surface area contributed by atoms with Crippen molar-refractivity contribution in [3.05, 3.63) is 115 Å². The number of alkyl halides is 3. The highest BCUT2D eigenvalue weighted by Crippen LogP contribution is 2.29. The van der Waals surface area contributed by atoms with Crippen LogP contribution in [0, 0.1) is 0 Å². The molecule has 274 valence electrons. The first-order valence-corrected chi connectivity index (χ1v) is 17.9. The van der Waals surface area contributed by atoms with Crippen LogP contribution in [0.15, 0.2) is 113 Å². The molecule has 0 bridgehead atoms. The van der Waals surface area contributed by atoms with E-state index in [0.717, 1.165) is 16.5 Å². The van der Waals surface area contributed by atoms with Gasteiger partial charge in [-0.15, -0.1) is 0 Å². The number of carbonyl (C=O) groups excluding carboxylic acids is 1. The number of amides is 1. The highest BCUT2D eigenvalue weighted by molar-refractivity contribution is 7.92. The quantitative estimate of drug-likeness (QED) is 0.154. The highest BCUT2D eigenvalue weighted by Gasteiger charge is 2.28. The summed E-state index contributed by atoms with van der Waals surface area (Å²) < 4.78 is 83.5. The number of halogens is 3. The number of aryl methyl sites for hydroxylation is 1. The molecule has 0 saturated carbocycles. The first-order valence-electron chi connectivity index (χ1n) is 16.5. The predicted molar refractivity (Wildman–Crippen MR) is 189 cm³/mol. The SMILES string of the molecule is Cn1c(C(=O)N2CCN(Cc3ccc(OCC(F)(F)F)cc3)CC2)cc2ccc(Oc3ccc(NS(=O)(=O)c4ccc(-c5cnco5)cc4)cn3)cc21. The number of pyridine rings is 1. The number of hydrogen-bond donors (Lipinski definition) is 1. The van der Waals surface area contributed by atoms with Crippen LogP contribution in [0.1, 0.15) is 16.1 Å². The number of aromatic nitrogens is 3. The molecule has 1 fully saturated rings. The molecule has 1 N–H and O–H groups in total. The van der Waals surface area contributed by atoms with Crippen LogP contribution in [0.25, 0.3) is 22.2 Å². The van der Waals surface area contributed by atoms with Crippen molar-refractivity contribution in [1.29, 1.82) is 0 Å². The lowest BCUT2D eigenvalue weighted by Gasteiger charge is -2.34. The van der Waals surface area contributed by atoms with Gasteiger partial charge < -0.3 is 23.4 Å². The summed E-state index contributed by atoms with van der Waals surface area (Å²) in [7, 11) is -2.06. The fraction of sp³-hybridized carbons (Fsp3) is 0.216. The predicted octanol–water partition coefficient (Wildman–Crippen LogP) is 6.72. The van der Waals surface area contributed by atoms with Crippen LogP contribution < -0.4 is 14.2 Å². The third-order valence-corrected chi connectivity index (χ3v) is 10.1. The number of nitrogens with zero attached hydrogens (tertiary/aromatic N) is 5. The van der Waals surface area contributed by atoms with Gasteiger partial charge in [-0.05, 0) is 66.2 Å². The van der Waals surface area contributed by atoms with E-state index in [1.165, 1.54) is 36.9 Å². The summed E-state index contributed by atoms with van der Waals surface area (Å²) >= 11 is 0. The largest absolute Gasteiger partial charge is 0.484 e. The molecule has 53 heavy (non-hydrogen) atoms. The maximum atomic E-state index is 13.6. The fourth-order valence-electron chi connectivity index (χ4n) is 5.96. The highest BCUT2D eigenvalue weighted by atomic mass is 32.2. The Morgan fingerprint density at radius 3 is 2.30 bits per heavy atom. The zero-order chi connectivity index (χ0) is 37.2. The number of piperazine rings is 1. The average Bonchev–Trinajstić information content (AvgIpc) is 3.80. The first kappa shape index (κ1) is 35.5. The fourth-order valence-corrected chi connectivity index (χ4v) is 7.00. The van der Waals surface area contributed by atoms with E-state index in [1.807, 2.05) is 34.7 Å². The molecular formula is C37H33F3N6O6S. The summed E-state index contributed by atoms with van der Waals surface area (Å²) in [4.78, 5) is 25.8. The van der Waals surface area contributed by atoms with Crippen LogP contribution in [0.2, 0.25) is 0 Å². The van der Waals surface area contributed by atoms with Crippen LogP contribution in [0.3, 0.4) is 0 Å². The molecule has 12 nitrogen and oxygen atoms in total. The summed E-state index contributed by atoms with van der Waals surface area (Å²) in [6, 6.07) is 23.1. The third-order valence-electron chi connectivity index (χ3n) is 8.72. The zero-order valence-electron chi connectivity index (χ0n) is 28.3. The van der Waals surface area contributed by atoms with Crippen LogP contribution in [0.5, 0.6) is 17.4 Å². The van der Waals surface area contributed by atoms with Crippen molar-refractivity contribution < 1.29 is 40.3 Å². The number of sulfonamides is 1. The number of hydrogen-bond acceptors (Lipinski definition) is 9. The summed E-state index contributed by atoms with van der Waals surface area (Å²) in [5, 5.41) is 0.857. The zero-order valence-corrected chi connectivity index (χ0v) is 29.1. The molecule has 1 saturated heterocycles. The van der Waals surface area contributed by atoms with Gasteiger partial charge in [0.25, 0.3) is 15.9 Å². The summed E-state index contributed by atoms with van der Waals surface area (Å²) in [5.41, 5.74) is 3.20. The van der Waals surface area contributed by atoms with Gasteiger partial charge in [0, 0.05) is 62.9 Å². The molecule has 4 heterocycles. The van der Waals surface area contributed by atoms with Gasteiger partial charge in [0.1, 0.15) is 17.2 Å². The van der Waals surface area contributed by atoms with Crippen molar-refractivity contribution in [3.8, 4) is 28.7 Å². The summed E-state index contributed by atoms with van der Waals surface area (Å²) in [6.07, 6.45) is -0.187. The molecular weight excluding hydrogens is 714 g/mol. The molecule has 0 atom stereocenters. The van der Waals surface area contributed by atoms with Crippen molar-refractivity contribution in [2.45, 2.75) is 17.6 Å². The standard InChI is InChI=1S/C37H33F3N6O6S/c1-44-32-19-30(52-35-13-7-28(20-42-35)43-53(48,49)31-11-5-26(6-12-31)34-21-41-24-51-34)10-4-27(32)18-33(44)36(47)46-16-14-45(15-17-46)22-25-2-8-29(9-3-25)50-23-37(38,39)40/h2-13,18-21,24,43H,14-17,22-23H2,1H3. The van der Waals surface area contributed by atoms with Gasteiger partial charge >= 0.3 is 6.18 Å². The van der Waals surface area contributed by atoms with Crippen molar-refractivity contribution in [1.82, 2.24) is 24.3 Å². The molecule has 1 aliphatic rings. The molecule has 7 rings (SSSR count). The van der Waals surface area contributed by atoms with Crippen LogP contribution in [-0.2, 0) is 23.6 Å². The van der Waals surface area contributed by atoms with Gasteiger partial charge in [-0.3, -0.25) is 14.4 Å². The number of benzene rings is 3. The van der Waals surface area contributed by atoms with E-state index in [0.29, 0.717) is 55.5 Å². The van der Waals surface area contributed by atoms with Crippen molar-refractivity contribution >= 4 is 32.5 Å². The Bertz CT molecular complexity index is 2300. The van der Waals surface area contributed by atoms with Gasteiger partial charge in [-0.2, -0.15) is 13.2 Å². The third kappa shape index (κ3) is 8.45. The molecule has 3 aromatic heterocycles. The van der Waals surface area contributed by atoms with E-state index in [4.69, 9.17) is 13.9 Å². The van der Waals surface area contributed by atoms with Crippen molar-refractivity contribution in [3.63, 3.8) is 0 Å². The second kappa shape index (κ2) is 14.6. The number of anilines is 1. The lowest BCUT2D eigenvalue weighted by molar-refractivity contribution is -0.153. The normalized spacial score (nSPS) is 14.0. The van der Waals surface area contributed by atoms with Gasteiger partial charge in [-0.1, -0.05) is 12.1 Å². The lowest BCUT2D eigenvalue weighted by atomic mass is 10.2. The maximum absolute atomic E-state index is 13.6. The molecule has 1 amide bonds. The Labute approximate surface area is 302 Å². The van der Waals surface area contributed by atoms with E-state index >= 15 is 0 Å². The second-order valence-corrected chi connectivity index (χ2v) is 14.1. The topological polar surface area (TPSA) is 132 Å². The summed E-state index contributed by atoms with van der Waals surface area (Å²) in [6.45, 7) is 1.60. The Morgan fingerprint density at radius 1 is 0.906 bits per heavy atom. The van der Waals surface area contributed by atoms with Gasteiger partial charge in [-0.25, -0.2) is 18.4 Å². The Morgan fingerprint density at radius 2 is 1.64 bits per heavy atom. The number of rotatable bonds is 11. The number of nitrogens with one attached hydrogen (secondary N) is 1. The minimum absolute atomic E-state index is 0.0696. The number of fused-ring (bicyclic) bond motifs is 1. The van der Waals surface area contributed by atoms with E-state index < -0.39 is 22.8 Å². The molecule has 1 aliphatic heterocycles. The molecule has 16 heteroatoms. The smallest absolute Gasteiger partial charge is 0.422 e. The molecule has 0 unspecified atom stereocenters. The minimum atomic E-state index is -4.39. The second-order valence-electron chi connectivity index (χ2n) is 12.4. The number of carbonyl (C=O) groups is 1. The van der Waals surface area contributed by atoms with E-state index in [1.54, 1.807) is 48.7 Å². The molecule has 3 aromatic carbocycles. The van der Waals surface area contributed by atoms with Gasteiger partial charge in [0.05, 0.1) is 28.5 Å². The van der Waals surface area contributed by atoms with Crippen LogP contribution in [0.4, 0.5) is 18.9 Å². The van der Waals surface area contributed by atoms with E-state index in [2.05, 4.69) is 19.6 Å². The van der Waals surface area contributed by atoms with E-state index in [9.17, 15) is 26.4 Å². The number of oxazole rings is 1. The van der Waals surface area contributed by atoms with Crippen molar-refractivity contribution in [2.75, 3.05) is 37.5 Å².